The molecule has 1 fully saturated rings. The van der Waals surface area contributed by atoms with E-state index in [1.165, 1.54) is 24.3 Å². The average Bonchev–Trinajstić information content (AvgIpc) is 2.84. The summed E-state index contributed by atoms with van der Waals surface area (Å²) in [4.78, 5) is 25.1. The average molecular weight is 356 g/mol. The van der Waals surface area contributed by atoms with Gasteiger partial charge in [0.2, 0.25) is 0 Å². The Morgan fingerprint density at radius 1 is 1.12 bits per heavy atom. The van der Waals surface area contributed by atoms with Gasteiger partial charge in [-0.1, -0.05) is 42.1 Å². The summed E-state index contributed by atoms with van der Waals surface area (Å²) in [6.07, 6.45) is 1.73. The summed E-state index contributed by atoms with van der Waals surface area (Å²) < 4.78 is 0.259. The Morgan fingerprint density at radius 2 is 1.79 bits per heavy atom. The Hall–Kier alpha value is -2.64. The Labute approximate surface area is 147 Å². The Bertz CT molecular complexity index is 833. The molecule has 2 N–H and O–H groups in total. The minimum absolute atomic E-state index is 0.0583. The highest BCUT2D eigenvalue weighted by atomic mass is 32.2. The molecule has 2 aromatic carbocycles. The summed E-state index contributed by atoms with van der Waals surface area (Å²) in [5.41, 5.74) is 3.68. The molecule has 2 aromatic rings. The quantitative estimate of drug-likeness (QED) is 0.654. The Morgan fingerprint density at radius 3 is 2.46 bits per heavy atom. The molecule has 1 aliphatic rings. The van der Waals surface area contributed by atoms with E-state index in [-0.39, 0.29) is 16.0 Å². The van der Waals surface area contributed by atoms with Gasteiger partial charge < -0.3 is 5.11 Å². The lowest BCUT2D eigenvalue weighted by Crippen LogP contribution is -2.44. The molecule has 2 amide bonds. The molecule has 5 nitrogen and oxygen atoms in total. The van der Waals surface area contributed by atoms with E-state index in [1.54, 1.807) is 6.08 Å². The van der Waals surface area contributed by atoms with E-state index in [2.05, 4.69) is 5.43 Å². The van der Waals surface area contributed by atoms with E-state index < -0.39 is 5.91 Å². The first kappa shape index (κ1) is 16.2. The summed E-state index contributed by atoms with van der Waals surface area (Å²) in [7, 11) is 0. The van der Waals surface area contributed by atoms with Crippen LogP contribution in [0.25, 0.3) is 6.08 Å². The molecule has 0 spiro atoms. The monoisotopic (exact) mass is 356 g/mol. The van der Waals surface area contributed by atoms with Crippen LogP contribution in [0.15, 0.2) is 59.5 Å². The van der Waals surface area contributed by atoms with Crippen LogP contribution >= 0.6 is 24.0 Å². The van der Waals surface area contributed by atoms with Gasteiger partial charge in [0.25, 0.3) is 11.8 Å². The van der Waals surface area contributed by atoms with Gasteiger partial charge in [-0.3, -0.25) is 15.0 Å². The summed E-state index contributed by atoms with van der Waals surface area (Å²) in [5.74, 6) is -0.795. The van der Waals surface area contributed by atoms with E-state index in [0.29, 0.717) is 10.5 Å². The molecule has 0 radical (unpaired) electrons. The predicted molar refractivity (Wildman–Crippen MR) is 97.0 cm³/mol. The summed E-state index contributed by atoms with van der Waals surface area (Å²) in [6, 6.07) is 15.1. The lowest BCUT2D eigenvalue weighted by atomic mass is 10.2. The van der Waals surface area contributed by atoms with Gasteiger partial charge in [0, 0.05) is 5.56 Å². The zero-order valence-corrected chi connectivity index (χ0v) is 13.9. The van der Waals surface area contributed by atoms with Crippen molar-refractivity contribution in [1.82, 2.24) is 10.4 Å². The molecular weight excluding hydrogens is 344 g/mol. The van der Waals surface area contributed by atoms with Gasteiger partial charge in [0.1, 0.15) is 5.75 Å². The first-order chi connectivity index (χ1) is 11.5. The van der Waals surface area contributed by atoms with Crippen molar-refractivity contribution >= 4 is 46.2 Å². The lowest BCUT2D eigenvalue weighted by Gasteiger charge is -2.15. The van der Waals surface area contributed by atoms with Crippen LogP contribution in [0.5, 0.6) is 5.75 Å². The number of aromatic hydroxyl groups is 1. The molecule has 120 valence electrons. The molecule has 1 heterocycles. The third-order valence-electron chi connectivity index (χ3n) is 3.23. The molecule has 0 unspecified atom stereocenters. The topological polar surface area (TPSA) is 69.6 Å². The van der Waals surface area contributed by atoms with Crippen molar-refractivity contribution in [1.29, 1.82) is 0 Å². The van der Waals surface area contributed by atoms with Crippen LogP contribution in [0.4, 0.5) is 0 Å². The van der Waals surface area contributed by atoms with Gasteiger partial charge in [-0.25, -0.2) is 0 Å². The van der Waals surface area contributed by atoms with Crippen LogP contribution in [0.2, 0.25) is 0 Å². The van der Waals surface area contributed by atoms with Gasteiger partial charge >= 0.3 is 0 Å². The molecule has 0 bridgehead atoms. The van der Waals surface area contributed by atoms with Crippen molar-refractivity contribution < 1.29 is 14.7 Å². The van der Waals surface area contributed by atoms with Crippen LogP contribution in [-0.2, 0) is 4.79 Å². The number of hydrogen-bond acceptors (Lipinski definition) is 5. The maximum atomic E-state index is 12.4. The molecule has 1 saturated heterocycles. The zero-order chi connectivity index (χ0) is 17.1. The fourth-order valence-electron chi connectivity index (χ4n) is 2.04. The number of nitrogens with one attached hydrogen (secondary N) is 1. The number of nitrogens with zero attached hydrogens (tertiary/aromatic N) is 1. The minimum atomic E-state index is -0.479. The van der Waals surface area contributed by atoms with Gasteiger partial charge in [0.15, 0.2) is 4.32 Å². The van der Waals surface area contributed by atoms with Crippen LogP contribution in [-0.4, -0.2) is 26.3 Å². The Kier molecular flexibility index (Phi) is 4.64. The summed E-state index contributed by atoms with van der Waals surface area (Å²) in [5, 5.41) is 10.3. The van der Waals surface area contributed by atoms with Crippen LogP contribution in [0, 0.1) is 0 Å². The highest BCUT2D eigenvalue weighted by Crippen LogP contribution is 2.31. The highest BCUT2D eigenvalue weighted by molar-refractivity contribution is 8.26. The van der Waals surface area contributed by atoms with Gasteiger partial charge in [0.05, 0.1) is 4.91 Å². The normalized spacial score (nSPS) is 15.8. The third-order valence-corrected chi connectivity index (χ3v) is 4.54. The molecule has 1 aliphatic heterocycles. The lowest BCUT2D eigenvalue weighted by molar-refractivity contribution is -0.123. The maximum absolute atomic E-state index is 12.4. The fraction of sp³-hybridized carbons (Fsp3) is 0. The van der Waals surface area contributed by atoms with Gasteiger partial charge in [-0.15, -0.1) is 0 Å². The maximum Gasteiger partial charge on any atom is 0.285 e. The van der Waals surface area contributed by atoms with Crippen molar-refractivity contribution in [2.75, 3.05) is 0 Å². The zero-order valence-electron chi connectivity index (χ0n) is 12.3. The standard InChI is InChI=1S/C17H12N2O3S2/c20-13-8-6-12(7-9-13)15(21)18-19-16(22)14(24-17(19)23)10-11-4-2-1-3-5-11/h1-10,20H,(H,18,21)/b14-10-. The number of phenolic OH excluding ortho intramolecular Hbond substituents is 1. The second kappa shape index (κ2) is 6.86. The number of hydrazine groups is 1. The first-order valence-electron chi connectivity index (χ1n) is 6.97. The number of hydrogen-bond donors (Lipinski definition) is 2. The molecule has 24 heavy (non-hydrogen) atoms. The Balaban J connectivity index is 1.76. The van der Waals surface area contributed by atoms with E-state index in [4.69, 9.17) is 12.2 Å². The molecule has 7 heteroatoms. The minimum Gasteiger partial charge on any atom is -0.508 e. The largest absolute Gasteiger partial charge is 0.508 e. The smallest absolute Gasteiger partial charge is 0.285 e. The van der Waals surface area contributed by atoms with Crippen molar-refractivity contribution in [2.24, 2.45) is 0 Å². The fourth-order valence-corrected chi connectivity index (χ4v) is 3.22. The van der Waals surface area contributed by atoms with E-state index in [1.807, 2.05) is 30.3 Å². The summed E-state index contributed by atoms with van der Waals surface area (Å²) in [6.45, 7) is 0. The second-order valence-electron chi connectivity index (χ2n) is 4.92. The number of rotatable bonds is 3. The predicted octanol–water partition coefficient (Wildman–Crippen LogP) is 2.94. The van der Waals surface area contributed by atoms with Crippen molar-refractivity contribution in [3.05, 3.63) is 70.6 Å². The SMILES string of the molecule is O=C(NN1C(=O)/C(=C/c2ccccc2)SC1=S)c1ccc(O)cc1. The molecule has 0 atom stereocenters. The number of amides is 2. The number of benzene rings is 2. The number of thiocarbonyl (C=S) groups is 1. The molecule has 0 aromatic heterocycles. The molecule has 3 rings (SSSR count). The molecule has 0 saturated carbocycles. The third kappa shape index (κ3) is 3.47. The van der Waals surface area contributed by atoms with Crippen LogP contribution in [0.1, 0.15) is 15.9 Å². The molecular formula is C17H12N2O3S2. The van der Waals surface area contributed by atoms with Crippen molar-refractivity contribution in [3.8, 4) is 5.75 Å². The van der Waals surface area contributed by atoms with E-state index in [9.17, 15) is 14.7 Å². The van der Waals surface area contributed by atoms with Crippen LogP contribution in [0.3, 0.4) is 0 Å². The van der Waals surface area contributed by atoms with Gasteiger partial charge in [-0.2, -0.15) is 5.01 Å². The number of carbonyl (C=O) groups excluding carboxylic acids is 2. The van der Waals surface area contributed by atoms with Crippen LogP contribution < -0.4 is 5.43 Å². The number of carbonyl (C=O) groups is 2. The van der Waals surface area contributed by atoms with Crippen molar-refractivity contribution in [2.45, 2.75) is 0 Å². The molecule has 0 aliphatic carbocycles. The van der Waals surface area contributed by atoms with Gasteiger partial charge in [-0.05, 0) is 48.1 Å². The second-order valence-corrected chi connectivity index (χ2v) is 6.59. The number of thioether (sulfide) groups is 1. The summed E-state index contributed by atoms with van der Waals surface area (Å²) >= 11 is 6.30. The van der Waals surface area contributed by atoms with Crippen molar-refractivity contribution in [3.63, 3.8) is 0 Å². The number of phenols is 1. The first-order valence-corrected chi connectivity index (χ1v) is 8.20. The van der Waals surface area contributed by atoms with E-state index >= 15 is 0 Å². The van der Waals surface area contributed by atoms with E-state index in [0.717, 1.165) is 22.3 Å². The highest BCUT2D eigenvalue weighted by Gasteiger charge is 2.33.